The van der Waals surface area contributed by atoms with Gasteiger partial charge in [0.1, 0.15) is 0 Å². The predicted octanol–water partition coefficient (Wildman–Crippen LogP) is -0.646. The molecular formula is C7H13N5O. The zero-order chi connectivity index (χ0) is 9.10. The van der Waals surface area contributed by atoms with Crippen molar-refractivity contribution in [3.63, 3.8) is 0 Å². The third-order valence-electron chi connectivity index (χ3n) is 1.98. The highest BCUT2D eigenvalue weighted by atomic mass is 16.5. The molecule has 13 heavy (non-hydrogen) atoms. The van der Waals surface area contributed by atoms with Crippen molar-refractivity contribution in [2.24, 2.45) is 0 Å². The summed E-state index contributed by atoms with van der Waals surface area (Å²) >= 11 is 0. The van der Waals surface area contributed by atoms with E-state index in [0.29, 0.717) is 6.61 Å². The highest BCUT2D eigenvalue weighted by molar-refractivity contribution is 4.90. The van der Waals surface area contributed by atoms with E-state index in [1.165, 1.54) is 0 Å². The van der Waals surface area contributed by atoms with E-state index in [2.05, 4.69) is 20.7 Å². The van der Waals surface area contributed by atoms with E-state index in [1.54, 1.807) is 4.80 Å². The van der Waals surface area contributed by atoms with Gasteiger partial charge >= 0.3 is 0 Å². The van der Waals surface area contributed by atoms with Crippen LogP contribution in [0.1, 0.15) is 18.8 Å². The number of aromatic nitrogens is 4. The van der Waals surface area contributed by atoms with Crippen molar-refractivity contribution < 1.29 is 4.74 Å². The van der Waals surface area contributed by atoms with Crippen LogP contribution in [0.15, 0.2) is 0 Å². The smallest absolute Gasteiger partial charge is 0.194 e. The zero-order valence-electron chi connectivity index (χ0n) is 7.60. The standard InChI is InChI=1S/C7H13N5O/c1-2-12-10-7(9-11-12)6-5-13-4-3-8-6/h6,8H,2-5H2,1H3. The Labute approximate surface area is 76.3 Å². The van der Waals surface area contributed by atoms with Crippen LogP contribution in [-0.4, -0.2) is 40.0 Å². The lowest BCUT2D eigenvalue weighted by atomic mass is 10.3. The Morgan fingerprint density at radius 1 is 1.69 bits per heavy atom. The van der Waals surface area contributed by atoms with Gasteiger partial charge in [0, 0.05) is 6.54 Å². The first kappa shape index (κ1) is 8.58. The molecule has 0 saturated carbocycles. The zero-order valence-corrected chi connectivity index (χ0v) is 7.60. The lowest BCUT2D eigenvalue weighted by Gasteiger charge is -2.20. The third-order valence-corrected chi connectivity index (χ3v) is 1.98. The summed E-state index contributed by atoms with van der Waals surface area (Å²) in [6.07, 6.45) is 0. The maximum Gasteiger partial charge on any atom is 0.194 e. The van der Waals surface area contributed by atoms with Gasteiger partial charge in [0.15, 0.2) is 5.82 Å². The first-order valence-corrected chi connectivity index (χ1v) is 4.49. The predicted molar refractivity (Wildman–Crippen MR) is 45.1 cm³/mol. The van der Waals surface area contributed by atoms with Crippen molar-refractivity contribution in [2.75, 3.05) is 19.8 Å². The molecule has 1 aliphatic heterocycles. The molecule has 1 saturated heterocycles. The molecule has 2 rings (SSSR count). The fourth-order valence-electron chi connectivity index (χ4n) is 1.26. The van der Waals surface area contributed by atoms with Crippen LogP contribution in [0.4, 0.5) is 0 Å². The molecule has 6 heteroatoms. The summed E-state index contributed by atoms with van der Waals surface area (Å²) in [4.78, 5) is 1.58. The second-order valence-corrected chi connectivity index (χ2v) is 2.92. The minimum absolute atomic E-state index is 0.106. The molecule has 0 aliphatic carbocycles. The van der Waals surface area contributed by atoms with Crippen LogP contribution in [-0.2, 0) is 11.3 Å². The van der Waals surface area contributed by atoms with E-state index in [0.717, 1.165) is 25.5 Å². The number of nitrogens with one attached hydrogen (secondary N) is 1. The summed E-state index contributed by atoms with van der Waals surface area (Å²) < 4.78 is 5.30. The lowest BCUT2D eigenvalue weighted by molar-refractivity contribution is 0.0741. The minimum atomic E-state index is 0.106. The molecule has 0 aromatic carbocycles. The second kappa shape index (κ2) is 3.80. The number of ether oxygens (including phenoxy) is 1. The highest BCUT2D eigenvalue weighted by Crippen LogP contribution is 2.08. The van der Waals surface area contributed by atoms with Gasteiger partial charge in [0.2, 0.25) is 0 Å². The number of aryl methyl sites for hydroxylation is 1. The van der Waals surface area contributed by atoms with Gasteiger partial charge in [0.25, 0.3) is 0 Å². The van der Waals surface area contributed by atoms with Crippen molar-refractivity contribution >= 4 is 0 Å². The van der Waals surface area contributed by atoms with Crippen molar-refractivity contribution in [3.8, 4) is 0 Å². The highest BCUT2D eigenvalue weighted by Gasteiger charge is 2.19. The number of nitrogens with zero attached hydrogens (tertiary/aromatic N) is 4. The van der Waals surface area contributed by atoms with Gasteiger partial charge in [-0.3, -0.25) is 0 Å². The number of hydrogen-bond acceptors (Lipinski definition) is 5. The summed E-state index contributed by atoms with van der Waals surface area (Å²) in [5, 5.41) is 15.3. The molecule has 1 atom stereocenters. The first-order chi connectivity index (χ1) is 6.40. The van der Waals surface area contributed by atoms with Crippen molar-refractivity contribution in [1.82, 2.24) is 25.5 Å². The first-order valence-electron chi connectivity index (χ1n) is 4.49. The maximum absolute atomic E-state index is 5.30. The molecule has 1 aromatic rings. The Bertz CT molecular complexity index is 268. The van der Waals surface area contributed by atoms with Crippen LogP contribution >= 0.6 is 0 Å². The largest absolute Gasteiger partial charge is 0.378 e. The van der Waals surface area contributed by atoms with Gasteiger partial charge in [-0.05, 0) is 12.1 Å². The third kappa shape index (κ3) is 1.84. The van der Waals surface area contributed by atoms with Gasteiger partial charge < -0.3 is 10.1 Å². The van der Waals surface area contributed by atoms with Crippen LogP contribution in [0.2, 0.25) is 0 Å². The number of hydrogen-bond donors (Lipinski definition) is 1. The number of tetrazole rings is 1. The molecule has 1 N–H and O–H groups in total. The van der Waals surface area contributed by atoms with Crippen LogP contribution in [0.5, 0.6) is 0 Å². The lowest BCUT2D eigenvalue weighted by Crippen LogP contribution is -2.35. The molecular weight excluding hydrogens is 170 g/mol. The van der Waals surface area contributed by atoms with Crippen molar-refractivity contribution in [2.45, 2.75) is 19.5 Å². The van der Waals surface area contributed by atoms with Gasteiger partial charge in [0.05, 0.1) is 25.8 Å². The van der Waals surface area contributed by atoms with Crippen LogP contribution in [0.3, 0.4) is 0 Å². The van der Waals surface area contributed by atoms with Crippen LogP contribution in [0.25, 0.3) is 0 Å². The Kier molecular flexibility index (Phi) is 2.51. The Morgan fingerprint density at radius 3 is 3.23 bits per heavy atom. The number of morpholine rings is 1. The van der Waals surface area contributed by atoms with Gasteiger partial charge in [-0.2, -0.15) is 4.80 Å². The summed E-state index contributed by atoms with van der Waals surface area (Å²) in [5.41, 5.74) is 0. The molecule has 1 aliphatic rings. The van der Waals surface area contributed by atoms with Crippen LogP contribution in [0, 0.1) is 0 Å². The maximum atomic E-state index is 5.30. The molecule has 1 unspecified atom stereocenters. The average Bonchev–Trinajstić information content (AvgIpc) is 2.67. The van der Waals surface area contributed by atoms with Gasteiger partial charge in [-0.1, -0.05) is 0 Å². The van der Waals surface area contributed by atoms with Crippen molar-refractivity contribution in [3.05, 3.63) is 5.82 Å². The SMILES string of the molecule is CCn1nnc(C2COCCN2)n1. The molecule has 0 radical (unpaired) electrons. The van der Waals surface area contributed by atoms with Crippen LogP contribution < -0.4 is 5.32 Å². The molecule has 72 valence electrons. The topological polar surface area (TPSA) is 64.9 Å². The van der Waals surface area contributed by atoms with E-state index >= 15 is 0 Å². The quantitative estimate of drug-likeness (QED) is 0.660. The fourth-order valence-corrected chi connectivity index (χ4v) is 1.26. The molecule has 1 fully saturated rings. The number of rotatable bonds is 2. The average molecular weight is 183 g/mol. The summed E-state index contributed by atoms with van der Waals surface area (Å²) in [6, 6.07) is 0.106. The molecule has 0 amide bonds. The van der Waals surface area contributed by atoms with Crippen molar-refractivity contribution in [1.29, 1.82) is 0 Å². The van der Waals surface area contributed by atoms with E-state index in [-0.39, 0.29) is 6.04 Å². The van der Waals surface area contributed by atoms with E-state index < -0.39 is 0 Å². The molecule has 6 nitrogen and oxygen atoms in total. The second-order valence-electron chi connectivity index (χ2n) is 2.92. The molecule has 0 spiro atoms. The monoisotopic (exact) mass is 183 g/mol. The summed E-state index contributed by atoms with van der Waals surface area (Å²) in [5.74, 6) is 0.724. The van der Waals surface area contributed by atoms with Gasteiger partial charge in [-0.25, -0.2) is 0 Å². The van der Waals surface area contributed by atoms with E-state index in [4.69, 9.17) is 4.74 Å². The Balaban J connectivity index is 2.05. The molecule has 2 heterocycles. The Morgan fingerprint density at radius 2 is 2.62 bits per heavy atom. The molecule has 0 bridgehead atoms. The molecule has 1 aromatic heterocycles. The Hall–Kier alpha value is -1.01. The van der Waals surface area contributed by atoms with E-state index in [9.17, 15) is 0 Å². The minimum Gasteiger partial charge on any atom is -0.378 e. The van der Waals surface area contributed by atoms with Gasteiger partial charge in [-0.15, -0.1) is 10.2 Å². The summed E-state index contributed by atoms with van der Waals surface area (Å²) in [6.45, 7) is 4.98. The summed E-state index contributed by atoms with van der Waals surface area (Å²) in [7, 11) is 0. The fraction of sp³-hybridized carbons (Fsp3) is 0.857. The normalized spacial score (nSPS) is 23.3. The van der Waals surface area contributed by atoms with E-state index in [1.807, 2.05) is 6.92 Å².